The monoisotopic (exact) mass is 634 g/mol. The Balaban J connectivity index is 1.81. The van der Waals surface area contributed by atoms with Crippen LogP contribution < -0.4 is 0 Å². The van der Waals surface area contributed by atoms with E-state index in [1.807, 2.05) is 123 Å². The highest BCUT2D eigenvalue weighted by Gasteiger charge is 2.33. The van der Waals surface area contributed by atoms with Crippen LogP contribution >= 0.6 is 31.9 Å². The Bertz CT molecular complexity index is 1370. The predicted molar refractivity (Wildman–Crippen MR) is 163 cm³/mol. The van der Waals surface area contributed by atoms with Crippen molar-refractivity contribution in [2.75, 3.05) is 0 Å². The molecular weight excluding hydrogens is 608 g/mol. The van der Waals surface area contributed by atoms with Gasteiger partial charge in [0.05, 0.1) is 0 Å². The van der Waals surface area contributed by atoms with Crippen molar-refractivity contribution in [1.82, 2.24) is 0 Å². The summed E-state index contributed by atoms with van der Waals surface area (Å²) >= 11 is 6.92. The third-order valence-electron chi connectivity index (χ3n) is 6.19. The zero-order chi connectivity index (χ0) is 26.4. The lowest BCUT2D eigenvalue weighted by Gasteiger charge is -2.22. The molecule has 0 heterocycles. The molecule has 5 heteroatoms. The molecule has 4 rings (SSSR count). The van der Waals surface area contributed by atoms with Crippen LogP contribution in [-0.4, -0.2) is 8.42 Å². The molecule has 0 saturated heterocycles. The van der Waals surface area contributed by atoms with Crippen molar-refractivity contribution in [3.05, 3.63) is 152 Å². The van der Waals surface area contributed by atoms with Crippen molar-refractivity contribution in [2.45, 2.75) is 24.3 Å². The molecule has 0 radical (unpaired) electrons. The standard InChI is InChI=1S/C32H28Br2O2S/c1-23-3-13-27(14-4-23)31(21-11-25-7-17-29(33)18-8-25)37(35,36)32(28-15-5-24(2)6-16-28)22-12-26-9-19-30(34)20-10-26/h3-22,31-32H,1-2H3. The summed E-state index contributed by atoms with van der Waals surface area (Å²) < 4.78 is 30.8. The van der Waals surface area contributed by atoms with Crippen LogP contribution in [0.4, 0.5) is 0 Å². The first kappa shape index (κ1) is 27.3. The van der Waals surface area contributed by atoms with E-state index in [0.717, 1.165) is 42.3 Å². The summed E-state index contributed by atoms with van der Waals surface area (Å²) in [5.74, 6) is 0. The van der Waals surface area contributed by atoms with E-state index in [4.69, 9.17) is 0 Å². The Labute approximate surface area is 237 Å². The van der Waals surface area contributed by atoms with Gasteiger partial charge in [0.2, 0.25) is 0 Å². The minimum atomic E-state index is -3.74. The number of hydrogen-bond donors (Lipinski definition) is 0. The van der Waals surface area contributed by atoms with E-state index in [2.05, 4.69) is 31.9 Å². The molecule has 0 aromatic heterocycles. The van der Waals surface area contributed by atoms with Crippen LogP contribution in [0.2, 0.25) is 0 Å². The molecule has 37 heavy (non-hydrogen) atoms. The van der Waals surface area contributed by atoms with Crippen molar-refractivity contribution in [3.63, 3.8) is 0 Å². The fourth-order valence-corrected chi connectivity index (χ4v) is 6.55. The molecule has 0 N–H and O–H groups in total. The molecule has 0 saturated carbocycles. The summed E-state index contributed by atoms with van der Waals surface area (Å²) in [6, 6.07) is 31.1. The predicted octanol–water partition coefficient (Wildman–Crippen LogP) is 9.45. The number of aryl methyl sites for hydroxylation is 2. The van der Waals surface area contributed by atoms with Gasteiger partial charge in [-0.05, 0) is 60.4 Å². The molecule has 2 nitrogen and oxygen atoms in total. The number of halogens is 2. The van der Waals surface area contributed by atoms with Gasteiger partial charge in [0.1, 0.15) is 10.5 Å². The molecule has 0 fully saturated rings. The highest BCUT2D eigenvalue weighted by molar-refractivity contribution is 9.10. The molecule has 4 aromatic rings. The molecule has 0 aliphatic rings. The van der Waals surface area contributed by atoms with Gasteiger partial charge < -0.3 is 0 Å². The van der Waals surface area contributed by atoms with Gasteiger partial charge in [-0.2, -0.15) is 0 Å². The molecule has 4 aromatic carbocycles. The van der Waals surface area contributed by atoms with Gasteiger partial charge in [-0.25, -0.2) is 8.42 Å². The highest BCUT2D eigenvalue weighted by Crippen LogP contribution is 2.37. The van der Waals surface area contributed by atoms with E-state index in [-0.39, 0.29) is 0 Å². The third kappa shape index (κ3) is 7.19. The second-order valence-corrected chi connectivity index (χ2v) is 13.1. The molecule has 188 valence electrons. The largest absolute Gasteiger partial charge is 0.227 e. The summed E-state index contributed by atoms with van der Waals surface area (Å²) in [6.45, 7) is 4.00. The highest BCUT2D eigenvalue weighted by atomic mass is 79.9. The second-order valence-electron chi connectivity index (χ2n) is 9.07. The van der Waals surface area contributed by atoms with Gasteiger partial charge in [-0.3, -0.25) is 0 Å². The van der Waals surface area contributed by atoms with Crippen LogP contribution in [0, 0.1) is 13.8 Å². The van der Waals surface area contributed by atoms with Crippen LogP contribution in [-0.2, 0) is 9.84 Å². The maximum atomic E-state index is 14.4. The Hall–Kier alpha value is -2.73. The lowest BCUT2D eigenvalue weighted by atomic mass is 10.1. The molecule has 0 spiro atoms. The minimum absolute atomic E-state index is 0.744. The number of hydrogen-bond acceptors (Lipinski definition) is 2. The second kappa shape index (κ2) is 12.2. The van der Waals surface area contributed by atoms with Crippen LogP contribution in [0.3, 0.4) is 0 Å². The van der Waals surface area contributed by atoms with Crippen LogP contribution in [0.15, 0.2) is 118 Å². The maximum Gasteiger partial charge on any atom is 0.171 e. The first-order chi connectivity index (χ1) is 17.7. The molecule has 2 atom stereocenters. The Morgan fingerprint density at radius 1 is 0.541 bits per heavy atom. The van der Waals surface area contributed by atoms with Crippen molar-refractivity contribution >= 4 is 53.8 Å². The molecule has 0 amide bonds. The topological polar surface area (TPSA) is 34.1 Å². The smallest absolute Gasteiger partial charge is 0.171 e. The van der Waals surface area contributed by atoms with E-state index in [0.29, 0.717) is 0 Å². The average molecular weight is 636 g/mol. The van der Waals surface area contributed by atoms with Crippen molar-refractivity contribution < 1.29 is 8.42 Å². The fraction of sp³-hybridized carbons (Fsp3) is 0.125. The van der Waals surface area contributed by atoms with Crippen LogP contribution in [0.25, 0.3) is 12.2 Å². The Kier molecular flexibility index (Phi) is 9.01. The van der Waals surface area contributed by atoms with E-state index in [1.165, 1.54) is 0 Å². The first-order valence-electron chi connectivity index (χ1n) is 12.0. The van der Waals surface area contributed by atoms with E-state index >= 15 is 0 Å². The summed E-state index contributed by atoms with van der Waals surface area (Å²) in [5.41, 5.74) is 5.53. The van der Waals surface area contributed by atoms with Crippen LogP contribution in [0.1, 0.15) is 43.9 Å². The summed E-state index contributed by atoms with van der Waals surface area (Å²) in [4.78, 5) is 0. The summed E-state index contributed by atoms with van der Waals surface area (Å²) in [6.07, 6.45) is 7.38. The van der Waals surface area contributed by atoms with Crippen molar-refractivity contribution in [3.8, 4) is 0 Å². The maximum absolute atomic E-state index is 14.4. The molecule has 2 unspecified atom stereocenters. The fourth-order valence-electron chi connectivity index (χ4n) is 4.04. The molecule has 0 aliphatic heterocycles. The Morgan fingerprint density at radius 2 is 0.865 bits per heavy atom. The van der Waals surface area contributed by atoms with Crippen molar-refractivity contribution in [2.24, 2.45) is 0 Å². The average Bonchev–Trinajstić information content (AvgIpc) is 2.88. The van der Waals surface area contributed by atoms with Crippen molar-refractivity contribution in [1.29, 1.82) is 0 Å². The van der Waals surface area contributed by atoms with E-state index in [1.54, 1.807) is 12.2 Å². The third-order valence-corrected chi connectivity index (χ3v) is 9.52. The van der Waals surface area contributed by atoms with Crippen LogP contribution in [0.5, 0.6) is 0 Å². The minimum Gasteiger partial charge on any atom is -0.227 e. The van der Waals surface area contributed by atoms with Gasteiger partial charge in [0.25, 0.3) is 0 Å². The summed E-state index contributed by atoms with van der Waals surface area (Å²) in [5, 5.41) is -1.64. The van der Waals surface area contributed by atoms with E-state index in [9.17, 15) is 8.42 Å². The van der Waals surface area contributed by atoms with Gasteiger partial charge in [-0.15, -0.1) is 0 Å². The normalized spacial score (nSPS) is 13.7. The zero-order valence-corrected chi connectivity index (χ0v) is 24.7. The Morgan fingerprint density at radius 3 is 1.19 bits per heavy atom. The zero-order valence-electron chi connectivity index (χ0n) is 20.7. The lowest BCUT2D eigenvalue weighted by Crippen LogP contribution is -2.19. The van der Waals surface area contributed by atoms with Gasteiger partial charge >= 0.3 is 0 Å². The lowest BCUT2D eigenvalue weighted by molar-refractivity contribution is 0.584. The quantitative estimate of drug-likeness (QED) is 0.193. The van der Waals surface area contributed by atoms with Gasteiger partial charge in [0, 0.05) is 8.95 Å². The number of sulfone groups is 1. The van der Waals surface area contributed by atoms with Gasteiger partial charge in [-0.1, -0.05) is 140 Å². The molecule has 0 aliphatic carbocycles. The summed E-state index contributed by atoms with van der Waals surface area (Å²) in [7, 11) is -3.74. The number of benzene rings is 4. The molecule has 0 bridgehead atoms. The van der Waals surface area contributed by atoms with Gasteiger partial charge in [0.15, 0.2) is 9.84 Å². The first-order valence-corrected chi connectivity index (χ1v) is 15.2. The SMILES string of the molecule is Cc1ccc(C(C=Cc2ccc(Br)cc2)S(=O)(=O)C(C=Cc2ccc(Br)cc2)c2ccc(C)cc2)cc1. The number of rotatable bonds is 8. The van der Waals surface area contributed by atoms with E-state index < -0.39 is 20.3 Å². The molecular formula is C32H28Br2O2S.